The van der Waals surface area contributed by atoms with Crippen molar-refractivity contribution in [1.82, 2.24) is 4.90 Å². The smallest absolute Gasteiger partial charge is 0.222 e. The summed E-state index contributed by atoms with van der Waals surface area (Å²) in [5.74, 6) is 2.06. The summed E-state index contributed by atoms with van der Waals surface area (Å²) < 4.78 is 11.4. The Balaban J connectivity index is 1.71. The van der Waals surface area contributed by atoms with E-state index in [1.165, 1.54) is 5.56 Å². The second kappa shape index (κ2) is 10.7. The summed E-state index contributed by atoms with van der Waals surface area (Å²) in [4.78, 5) is 14.6. The lowest BCUT2D eigenvalue weighted by Gasteiger charge is -2.25. The molecule has 0 saturated heterocycles. The van der Waals surface area contributed by atoms with Crippen molar-refractivity contribution in [3.63, 3.8) is 0 Å². The predicted molar refractivity (Wildman–Crippen MR) is 120 cm³/mol. The molecule has 1 amide bonds. The van der Waals surface area contributed by atoms with Gasteiger partial charge in [0.1, 0.15) is 11.5 Å². The number of rotatable bonds is 10. The Kier molecular flexibility index (Phi) is 7.72. The highest BCUT2D eigenvalue weighted by molar-refractivity contribution is 5.75. The zero-order valence-corrected chi connectivity index (χ0v) is 18.1. The Hall–Kier alpha value is -3.01. The third kappa shape index (κ3) is 5.99. The molecule has 0 N–H and O–H groups in total. The Labute approximate surface area is 179 Å². The summed E-state index contributed by atoms with van der Waals surface area (Å²) in [7, 11) is 0. The molecule has 4 nitrogen and oxygen atoms in total. The maximum absolute atomic E-state index is 12.6. The van der Waals surface area contributed by atoms with Crippen molar-refractivity contribution in [2.24, 2.45) is 0 Å². The summed E-state index contributed by atoms with van der Waals surface area (Å²) in [6, 6.07) is 22.3. The summed E-state index contributed by atoms with van der Waals surface area (Å²) in [6.07, 6.45) is 3.15. The number of carbonyl (C=O) groups is 1. The minimum Gasteiger partial charge on any atom is -0.491 e. The molecule has 0 aliphatic carbocycles. The standard InChI is InChI=1S/C26H31NO3/c1-4-26(28)27(19-21-12-14-23(15-13-21)30-20(2)3)17-16-24(25-11-8-18-29-25)22-9-6-5-7-10-22/h5-15,18,20,24H,4,16-17,19H2,1-3H3. The lowest BCUT2D eigenvalue weighted by Crippen LogP contribution is -2.31. The first-order valence-electron chi connectivity index (χ1n) is 10.7. The number of benzene rings is 2. The minimum absolute atomic E-state index is 0.121. The first-order valence-corrected chi connectivity index (χ1v) is 10.7. The molecule has 0 radical (unpaired) electrons. The normalized spacial score (nSPS) is 12.0. The number of ether oxygens (including phenoxy) is 1. The molecule has 3 rings (SSSR count). The molecule has 0 bridgehead atoms. The van der Waals surface area contributed by atoms with Gasteiger partial charge in [0.25, 0.3) is 0 Å². The fourth-order valence-electron chi connectivity index (χ4n) is 3.61. The van der Waals surface area contributed by atoms with Gasteiger partial charge >= 0.3 is 0 Å². The van der Waals surface area contributed by atoms with E-state index in [0.29, 0.717) is 19.5 Å². The molecule has 158 valence electrons. The monoisotopic (exact) mass is 405 g/mol. The van der Waals surface area contributed by atoms with E-state index in [4.69, 9.17) is 9.15 Å². The molecule has 1 aromatic heterocycles. The van der Waals surface area contributed by atoms with E-state index in [2.05, 4.69) is 12.1 Å². The van der Waals surface area contributed by atoms with E-state index in [-0.39, 0.29) is 17.9 Å². The molecule has 3 aromatic rings. The van der Waals surface area contributed by atoms with Gasteiger partial charge in [-0.15, -0.1) is 0 Å². The van der Waals surface area contributed by atoms with Gasteiger partial charge in [-0.3, -0.25) is 4.79 Å². The molecule has 30 heavy (non-hydrogen) atoms. The van der Waals surface area contributed by atoms with E-state index in [0.717, 1.165) is 23.5 Å². The Morgan fingerprint density at radius 1 is 1.00 bits per heavy atom. The van der Waals surface area contributed by atoms with Crippen molar-refractivity contribution < 1.29 is 13.9 Å². The maximum atomic E-state index is 12.6. The second-order valence-corrected chi connectivity index (χ2v) is 7.75. The Morgan fingerprint density at radius 3 is 2.33 bits per heavy atom. The minimum atomic E-state index is 0.121. The van der Waals surface area contributed by atoms with Crippen LogP contribution in [-0.2, 0) is 11.3 Å². The summed E-state index contributed by atoms with van der Waals surface area (Å²) in [6.45, 7) is 7.19. The van der Waals surface area contributed by atoms with Crippen LogP contribution in [-0.4, -0.2) is 23.5 Å². The van der Waals surface area contributed by atoms with E-state index >= 15 is 0 Å². The van der Waals surface area contributed by atoms with Gasteiger partial charge in [0.15, 0.2) is 0 Å². The topological polar surface area (TPSA) is 42.7 Å². The van der Waals surface area contributed by atoms with Gasteiger partial charge in [-0.2, -0.15) is 0 Å². The average molecular weight is 406 g/mol. The van der Waals surface area contributed by atoms with Gasteiger partial charge in [-0.05, 0) is 55.7 Å². The van der Waals surface area contributed by atoms with Crippen molar-refractivity contribution in [1.29, 1.82) is 0 Å². The third-order valence-electron chi connectivity index (χ3n) is 5.10. The van der Waals surface area contributed by atoms with Crippen LogP contribution >= 0.6 is 0 Å². The quantitative estimate of drug-likeness (QED) is 0.414. The largest absolute Gasteiger partial charge is 0.491 e. The van der Waals surface area contributed by atoms with Gasteiger partial charge in [0.2, 0.25) is 5.91 Å². The average Bonchev–Trinajstić information content (AvgIpc) is 3.28. The summed E-state index contributed by atoms with van der Waals surface area (Å²) in [5, 5.41) is 0. The van der Waals surface area contributed by atoms with Crippen LogP contribution in [0.5, 0.6) is 5.75 Å². The number of furan rings is 1. The Bertz CT molecular complexity index is 886. The van der Waals surface area contributed by atoms with Crippen LogP contribution in [0, 0.1) is 0 Å². The number of hydrogen-bond donors (Lipinski definition) is 0. The summed E-state index contributed by atoms with van der Waals surface area (Å²) >= 11 is 0. The highest BCUT2D eigenvalue weighted by atomic mass is 16.5. The summed E-state index contributed by atoms with van der Waals surface area (Å²) in [5.41, 5.74) is 2.30. The number of hydrogen-bond acceptors (Lipinski definition) is 3. The van der Waals surface area contributed by atoms with Crippen LogP contribution in [0.1, 0.15) is 56.4 Å². The van der Waals surface area contributed by atoms with Gasteiger partial charge < -0.3 is 14.1 Å². The first kappa shape index (κ1) is 21.7. The maximum Gasteiger partial charge on any atom is 0.222 e. The van der Waals surface area contributed by atoms with Crippen LogP contribution in [0.15, 0.2) is 77.4 Å². The molecule has 0 aliphatic rings. The fraction of sp³-hybridized carbons (Fsp3) is 0.346. The highest BCUT2D eigenvalue weighted by Gasteiger charge is 2.20. The second-order valence-electron chi connectivity index (χ2n) is 7.75. The molecule has 1 heterocycles. The molecule has 0 spiro atoms. The van der Waals surface area contributed by atoms with Crippen molar-refractivity contribution in [2.75, 3.05) is 6.54 Å². The van der Waals surface area contributed by atoms with Gasteiger partial charge in [0.05, 0.1) is 12.4 Å². The van der Waals surface area contributed by atoms with Crippen molar-refractivity contribution >= 4 is 5.91 Å². The zero-order chi connectivity index (χ0) is 21.3. The van der Waals surface area contributed by atoms with Crippen LogP contribution in [0.4, 0.5) is 0 Å². The molecule has 0 saturated carbocycles. The van der Waals surface area contributed by atoms with Crippen molar-refractivity contribution in [2.45, 2.75) is 52.2 Å². The number of amides is 1. The molecule has 1 atom stereocenters. The van der Waals surface area contributed by atoms with Gasteiger partial charge in [-0.1, -0.05) is 49.4 Å². The van der Waals surface area contributed by atoms with Crippen molar-refractivity contribution in [3.8, 4) is 5.75 Å². The highest BCUT2D eigenvalue weighted by Crippen LogP contribution is 2.29. The molecule has 0 aliphatic heterocycles. The van der Waals surface area contributed by atoms with E-state index < -0.39 is 0 Å². The first-order chi connectivity index (χ1) is 14.6. The number of carbonyl (C=O) groups excluding carboxylic acids is 1. The van der Waals surface area contributed by atoms with Gasteiger partial charge in [-0.25, -0.2) is 0 Å². The lowest BCUT2D eigenvalue weighted by molar-refractivity contribution is -0.131. The molecule has 1 unspecified atom stereocenters. The van der Waals surface area contributed by atoms with Crippen LogP contribution in [0.3, 0.4) is 0 Å². The van der Waals surface area contributed by atoms with E-state index in [1.807, 2.05) is 80.3 Å². The van der Waals surface area contributed by atoms with Crippen molar-refractivity contribution in [3.05, 3.63) is 89.9 Å². The molecule has 0 fully saturated rings. The molecular formula is C26H31NO3. The third-order valence-corrected chi connectivity index (χ3v) is 5.10. The Morgan fingerprint density at radius 2 is 1.73 bits per heavy atom. The zero-order valence-electron chi connectivity index (χ0n) is 18.1. The van der Waals surface area contributed by atoms with E-state index in [9.17, 15) is 4.79 Å². The van der Waals surface area contributed by atoms with Crippen LogP contribution < -0.4 is 4.74 Å². The van der Waals surface area contributed by atoms with Crippen LogP contribution in [0.25, 0.3) is 0 Å². The molecular weight excluding hydrogens is 374 g/mol. The van der Waals surface area contributed by atoms with Gasteiger partial charge in [0, 0.05) is 25.4 Å². The predicted octanol–water partition coefficient (Wildman–Crippen LogP) is 6.03. The number of nitrogens with zero attached hydrogens (tertiary/aromatic N) is 1. The van der Waals surface area contributed by atoms with Crippen LogP contribution in [0.2, 0.25) is 0 Å². The fourth-order valence-corrected chi connectivity index (χ4v) is 3.61. The SMILES string of the molecule is CCC(=O)N(CCC(c1ccccc1)c1ccco1)Cc1ccc(OC(C)C)cc1. The molecule has 4 heteroatoms. The molecule has 2 aromatic carbocycles. The lowest BCUT2D eigenvalue weighted by atomic mass is 9.93. The van der Waals surface area contributed by atoms with E-state index in [1.54, 1.807) is 6.26 Å².